The van der Waals surface area contributed by atoms with Gasteiger partial charge < -0.3 is 10.0 Å². The van der Waals surface area contributed by atoms with E-state index in [-0.39, 0.29) is 17.7 Å². The number of aliphatic carboxylic acids is 1. The van der Waals surface area contributed by atoms with E-state index in [0.717, 1.165) is 32.2 Å². The van der Waals surface area contributed by atoms with E-state index in [0.29, 0.717) is 13.0 Å². The van der Waals surface area contributed by atoms with E-state index in [9.17, 15) is 9.59 Å². The van der Waals surface area contributed by atoms with Crippen molar-refractivity contribution >= 4 is 11.9 Å². The van der Waals surface area contributed by atoms with Crippen molar-refractivity contribution in [3.05, 3.63) is 0 Å². The monoisotopic (exact) mass is 211 g/mol. The Bertz CT molecular complexity index is 273. The summed E-state index contributed by atoms with van der Waals surface area (Å²) in [5.41, 5.74) is 0. The van der Waals surface area contributed by atoms with Crippen molar-refractivity contribution in [1.29, 1.82) is 0 Å². The molecule has 2 rings (SSSR count). The molecule has 1 N–H and O–H groups in total. The molecule has 4 nitrogen and oxygen atoms in total. The summed E-state index contributed by atoms with van der Waals surface area (Å²) < 4.78 is 0. The van der Waals surface area contributed by atoms with E-state index in [1.165, 1.54) is 0 Å². The van der Waals surface area contributed by atoms with Crippen molar-refractivity contribution in [2.75, 3.05) is 13.1 Å². The van der Waals surface area contributed by atoms with Gasteiger partial charge in [-0.1, -0.05) is 6.42 Å². The molecule has 15 heavy (non-hydrogen) atoms. The molecule has 0 spiro atoms. The number of piperidine rings is 1. The molecule has 84 valence electrons. The maximum absolute atomic E-state index is 11.9. The van der Waals surface area contributed by atoms with Crippen LogP contribution < -0.4 is 0 Å². The number of carboxylic acid groups (broad SMARTS) is 1. The summed E-state index contributed by atoms with van der Waals surface area (Å²) in [6.07, 6.45) is 4.67. The molecule has 4 heteroatoms. The highest BCUT2D eigenvalue weighted by molar-refractivity contribution is 5.80. The lowest BCUT2D eigenvalue weighted by Gasteiger charge is -2.36. The van der Waals surface area contributed by atoms with Gasteiger partial charge in [-0.05, 0) is 25.7 Å². The lowest BCUT2D eigenvalue weighted by molar-refractivity contribution is -0.147. The molecular weight excluding hydrogens is 194 g/mol. The zero-order valence-corrected chi connectivity index (χ0v) is 8.82. The minimum absolute atomic E-state index is 0.187. The third-order valence-corrected chi connectivity index (χ3v) is 3.54. The normalized spacial score (nSPS) is 27.2. The minimum atomic E-state index is -0.763. The Morgan fingerprint density at radius 3 is 2.27 bits per heavy atom. The third-order valence-electron chi connectivity index (χ3n) is 3.54. The second-order valence-corrected chi connectivity index (χ2v) is 4.59. The van der Waals surface area contributed by atoms with E-state index < -0.39 is 5.97 Å². The first-order valence-corrected chi connectivity index (χ1v) is 5.70. The molecule has 1 saturated carbocycles. The van der Waals surface area contributed by atoms with Gasteiger partial charge in [0.05, 0.1) is 5.92 Å². The van der Waals surface area contributed by atoms with Crippen LogP contribution in [-0.2, 0) is 9.59 Å². The molecule has 1 saturated heterocycles. The first-order chi connectivity index (χ1) is 7.18. The van der Waals surface area contributed by atoms with Gasteiger partial charge in [0, 0.05) is 19.0 Å². The number of carbonyl (C=O) groups is 2. The van der Waals surface area contributed by atoms with Crippen LogP contribution in [0.2, 0.25) is 0 Å². The van der Waals surface area contributed by atoms with Gasteiger partial charge in [0.25, 0.3) is 0 Å². The average Bonchev–Trinajstić information content (AvgIpc) is 2.15. The summed E-state index contributed by atoms with van der Waals surface area (Å²) in [7, 11) is 0. The van der Waals surface area contributed by atoms with Gasteiger partial charge in [-0.3, -0.25) is 9.59 Å². The zero-order chi connectivity index (χ0) is 10.8. The van der Waals surface area contributed by atoms with Crippen LogP contribution in [0.5, 0.6) is 0 Å². The van der Waals surface area contributed by atoms with Crippen LogP contribution in [0, 0.1) is 11.8 Å². The van der Waals surface area contributed by atoms with Crippen molar-refractivity contribution in [1.82, 2.24) is 4.90 Å². The molecule has 0 aromatic rings. The number of carboxylic acids is 1. The molecule has 0 aromatic carbocycles. The van der Waals surface area contributed by atoms with Gasteiger partial charge in [0.1, 0.15) is 0 Å². The first kappa shape index (κ1) is 10.5. The third kappa shape index (κ3) is 2.13. The van der Waals surface area contributed by atoms with Crippen LogP contribution in [0.1, 0.15) is 32.1 Å². The number of nitrogens with zero attached hydrogens (tertiary/aromatic N) is 1. The van der Waals surface area contributed by atoms with Gasteiger partial charge >= 0.3 is 5.97 Å². The van der Waals surface area contributed by atoms with E-state index in [4.69, 9.17) is 5.11 Å². The van der Waals surface area contributed by atoms with E-state index in [1.54, 1.807) is 4.90 Å². The average molecular weight is 211 g/mol. The number of amides is 1. The minimum Gasteiger partial charge on any atom is -0.481 e. The Hall–Kier alpha value is -1.06. The summed E-state index contributed by atoms with van der Waals surface area (Å²) in [6.45, 7) is 1.17. The molecule has 0 aromatic heterocycles. The molecule has 0 radical (unpaired) electrons. The highest BCUT2D eigenvalue weighted by atomic mass is 16.4. The number of likely N-dealkylation sites (tertiary alicyclic amines) is 1. The molecule has 1 aliphatic carbocycles. The number of carbonyl (C=O) groups excluding carboxylic acids is 1. The Morgan fingerprint density at radius 1 is 1.07 bits per heavy atom. The quantitative estimate of drug-likeness (QED) is 0.744. The highest BCUT2D eigenvalue weighted by Crippen LogP contribution is 2.29. The molecule has 0 bridgehead atoms. The Kier molecular flexibility index (Phi) is 2.93. The fourth-order valence-electron chi connectivity index (χ4n) is 2.29. The molecule has 2 fully saturated rings. The van der Waals surface area contributed by atoms with Gasteiger partial charge in [-0.2, -0.15) is 0 Å². The lowest BCUT2D eigenvalue weighted by atomic mass is 9.83. The molecule has 1 amide bonds. The zero-order valence-electron chi connectivity index (χ0n) is 8.82. The van der Waals surface area contributed by atoms with Crippen LogP contribution in [0.25, 0.3) is 0 Å². The molecular formula is C11H17NO3. The van der Waals surface area contributed by atoms with Gasteiger partial charge in [-0.25, -0.2) is 0 Å². The highest BCUT2D eigenvalue weighted by Gasteiger charge is 2.33. The number of rotatable bonds is 2. The fourth-order valence-corrected chi connectivity index (χ4v) is 2.29. The summed E-state index contributed by atoms with van der Waals surface area (Å²) in [6, 6.07) is 0. The Morgan fingerprint density at radius 2 is 1.73 bits per heavy atom. The Balaban J connectivity index is 1.91. The predicted molar refractivity (Wildman–Crippen MR) is 54.3 cm³/mol. The van der Waals surface area contributed by atoms with E-state index in [2.05, 4.69) is 0 Å². The largest absolute Gasteiger partial charge is 0.481 e. The topological polar surface area (TPSA) is 57.6 Å². The van der Waals surface area contributed by atoms with Gasteiger partial charge in [-0.15, -0.1) is 0 Å². The SMILES string of the molecule is O=C(O)[C@@H]1CCCN(C(=O)C2CCC2)C1. The van der Waals surface area contributed by atoms with Gasteiger partial charge in [0.2, 0.25) is 5.91 Å². The predicted octanol–water partition coefficient (Wildman–Crippen LogP) is 1.11. The van der Waals surface area contributed by atoms with Crippen LogP contribution in [0.3, 0.4) is 0 Å². The second-order valence-electron chi connectivity index (χ2n) is 4.59. The van der Waals surface area contributed by atoms with Crippen molar-refractivity contribution in [2.24, 2.45) is 11.8 Å². The van der Waals surface area contributed by atoms with Crippen LogP contribution in [-0.4, -0.2) is 35.0 Å². The number of hydrogen-bond acceptors (Lipinski definition) is 2. The molecule has 1 heterocycles. The summed E-state index contributed by atoms with van der Waals surface area (Å²) in [4.78, 5) is 24.5. The van der Waals surface area contributed by atoms with Crippen molar-refractivity contribution < 1.29 is 14.7 Å². The standard InChI is InChI=1S/C11H17NO3/c13-10(8-3-1-4-8)12-6-2-5-9(7-12)11(14)15/h8-9H,1-7H2,(H,14,15)/t9-/m1/s1. The molecule has 0 unspecified atom stereocenters. The number of hydrogen-bond donors (Lipinski definition) is 1. The maximum atomic E-state index is 11.9. The summed E-state index contributed by atoms with van der Waals surface area (Å²) in [5, 5.41) is 8.91. The van der Waals surface area contributed by atoms with Gasteiger partial charge in [0.15, 0.2) is 0 Å². The van der Waals surface area contributed by atoms with Crippen molar-refractivity contribution in [3.63, 3.8) is 0 Å². The van der Waals surface area contributed by atoms with Crippen LogP contribution >= 0.6 is 0 Å². The molecule has 2 aliphatic rings. The van der Waals surface area contributed by atoms with E-state index in [1.807, 2.05) is 0 Å². The second kappa shape index (κ2) is 4.21. The summed E-state index contributed by atoms with van der Waals surface area (Å²) in [5.74, 6) is -0.728. The lowest BCUT2D eigenvalue weighted by Crippen LogP contribution is -2.46. The van der Waals surface area contributed by atoms with Crippen LogP contribution in [0.4, 0.5) is 0 Å². The van der Waals surface area contributed by atoms with Crippen LogP contribution in [0.15, 0.2) is 0 Å². The first-order valence-electron chi connectivity index (χ1n) is 5.70. The fraction of sp³-hybridized carbons (Fsp3) is 0.818. The molecule has 1 aliphatic heterocycles. The van der Waals surface area contributed by atoms with E-state index >= 15 is 0 Å². The summed E-state index contributed by atoms with van der Waals surface area (Å²) >= 11 is 0. The maximum Gasteiger partial charge on any atom is 0.308 e. The Labute approximate surface area is 89.3 Å². The van der Waals surface area contributed by atoms with Crippen molar-refractivity contribution in [2.45, 2.75) is 32.1 Å². The smallest absolute Gasteiger partial charge is 0.308 e. The van der Waals surface area contributed by atoms with Crippen molar-refractivity contribution in [3.8, 4) is 0 Å². The molecule has 1 atom stereocenters.